The summed E-state index contributed by atoms with van der Waals surface area (Å²) in [7, 11) is 0. The van der Waals surface area contributed by atoms with Gasteiger partial charge < -0.3 is 14.3 Å². The average molecular weight is 323 g/mol. The van der Waals surface area contributed by atoms with Gasteiger partial charge in [0.25, 0.3) is 5.91 Å². The number of fused-ring (bicyclic) bond motifs is 1. The molecule has 3 heterocycles. The van der Waals surface area contributed by atoms with E-state index in [0.717, 1.165) is 48.3 Å². The summed E-state index contributed by atoms with van der Waals surface area (Å²) in [5, 5.41) is 6.87. The summed E-state index contributed by atoms with van der Waals surface area (Å²) in [6.45, 7) is 0.352. The van der Waals surface area contributed by atoms with Gasteiger partial charge in [-0.3, -0.25) is 9.78 Å². The van der Waals surface area contributed by atoms with Crippen molar-refractivity contribution in [2.24, 2.45) is 0 Å². The first-order valence-electron chi connectivity index (χ1n) is 8.06. The monoisotopic (exact) mass is 323 g/mol. The van der Waals surface area contributed by atoms with Gasteiger partial charge in [0.15, 0.2) is 11.5 Å². The second kappa shape index (κ2) is 6.31. The molecule has 0 bridgehead atoms. The molecule has 1 N–H and O–H groups in total. The molecule has 1 aliphatic rings. The van der Waals surface area contributed by atoms with Crippen LogP contribution < -0.4 is 5.32 Å². The van der Waals surface area contributed by atoms with Crippen molar-refractivity contribution in [1.29, 1.82) is 0 Å². The highest BCUT2D eigenvalue weighted by atomic mass is 16.5. The maximum Gasteiger partial charge on any atom is 0.274 e. The van der Waals surface area contributed by atoms with Crippen LogP contribution in [0.1, 0.15) is 40.2 Å². The molecule has 0 fully saturated rings. The number of rotatable bonds is 4. The number of aromatic nitrogens is 2. The molecule has 0 radical (unpaired) electrons. The number of hydrogen-bond acceptors (Lipinski definition) is 5. The molecular weight excluding hydrogens is 306 g/mol. The van der Waals surface area contributed by atoms with Crippen molar-refractivity contribution in [3.05, 3.63) is 59.3 Å². The minimum absolute atomic E-state index is 0.212. The average Bonchev–Trinajstić information content (AvgIpc) is 3.29. The summed E-state index contributed by atoms with van der Waals surface area (Å²) < 4.78 is 10.7. The van der Waals surface area contributed by atoms with E-state index in [0.29, 0.717) is 18.0 Å². The lowest BCUT2D eigenvalue weighted by Gasteiger charge is -2.10. The van der Waals surface area contributed by atoms with Gasteiger partial charge in [0.2, 0.25) is 0 Å². The minimum Gasteiger partial charge on any atom is -0.463 e. The van der Waals surface area contributed by atoms with Crippen LogP contribution >= 0.6 is 0 Å². The summed E-state index contributed by atoms with van der Waals surface area (Å²) in [4.78, 5) is 16.8. The van der Waals surface area contributed by atoms with E-state index in [9.17, 15) is 4.79 Å². The third-order valence-electron chi connectivity index (χ3n) is 4.25. The molecule has 3 aromatic rings. The zero-order valence-corrected chi connectivity index (χ0v) is 13.1. The molecule has 0 unspecified atom stereocenters. The number of hydrogen-bond donors (Lipinski definition) is 1. The van der Waals surface area contributed by atoms with E-state index in [4.69, 9.17) is 8.94 Å². The van der Waals surface area contributed by atoms with Crippen LogP contribution in [0.5, 0.6) is 0 Å². The van der Waals surface area contributed by atoms with Crippen LogP contribution in [0.15, 0.2) is 45.7 Å². The predicted octanol–water partition coefficient (Wildman–Crippen LogP) is 3.14. The zero-order valence-electron chi connectivity index (χ0n) is 13.1. The van der Waals surface area contributed by atoms with Crippen LogP contribution in [-0.2, 0) is 19.4 Å². The second-order valence-electron chi connectivity index (χ2n) is 5.81. The van der Waals surface area contributed by atoms with Gasteiger partial charge in [-0.15, -0.1) is 0 Å². The maximum atomic E-state index is 12.5. The molecule has 6 heteroatoms. The van der Waals surface area contributed by atoms with E-state index < -0.39 is 0 Å². The van der Waals surface area contributed by atoms with Crippen LogP contribution in [0, 0.1) is 0 Å². The Kier molecular flexibility index (Phi) is 3.86. The van der Waals surface area contributed by atoms with Crippen molar-refractivity contribution >= 4 is 5.91 Å². The largest absolute Gasteiger partial charge is 0.463 e. The summed E-state index contributed by atoms with van der Waals surface area (Å²) >= 11 is 0. The molecule has 0 saturated carbocycles. The van der Waals surface area contributed by atoms with Gasteiger partial charge >= 0.3 is 0 Å². The highest BCUT2D eigenvalue weighted by Crippen LogP contribution is 2.25. The molecule has 1 amide bonds. The van der Waals surface area contributed by atoms with Crippen LogP contribution in [0.25, 0.3) is 11.5 Å². The van der Waals surface area contributed by atoms with E-state index in [1.54, 1.807) is 12.5 Å². The first kappa shape index (κ1) is 14.7. The van der Waals surface area contributed by atoms with Gasteiger partial charge in [-0.25, -0.2) is 0 Å². The van der Waals surface area contributed by atoms with Crippen molar-refractivity contribution in [2.45, 2.75) is 32.2 Å². The minimum atomic E-state index is -0.212. The Balaban J connectivity index is 1.52. The molecule has 0 atom stereocenters. The standard InChI is InChI=1S/C18H17N3O3/c22-18(17-13-6-1-2-7-14(13)24-21-17)20-11-12-5-3-9-19-16(12)15-8-4-10-23-15/h3-5,8-10H,1-2,6-7,11H2,(H,20,22). The van der Waals surface area contributed by atoms with Crippen LogP contribution in [0.2, 0.25) is 0 Å². The number of pyridine rings is 1. The van der Waals surface area contributed by atoms with E-state index in [1.807, 2.05) is 24.3 Å². The van der Waals surface area contributed by atoms with E-state index in [1.165, 1.54) is 0 Å². The van der Waals surface area contributed by atoms with E-state index >= 15 is 0 Å². The Labute approximate surface area is 138 Å². The van der Waals surface area contributed by atoms with E-state index in [2.05, 4.69) is 15.5 Å². The third kappa shape index (κ3) is 2.71. The Morgan fingerprint density at radius 1 is 1.21 bits per heavy atom. The first-order chi connectivity index (χ1) is 11.8. The van der Waals surface area contributed by atoms with Gasteiger partial charge in [-0.2, -0.15) is 0 Å². The van der Waals surface area contributed by atoms with Gasteiger partial charge in [-0.05, 0) is 37.5 Å². The lowest BCUT2D eigenvalue weighted by atomic mass is 9.96. The number of nitrogens with zero attached hydrogens (tertiary/aromatic N) is 2. The van der Waals surface area contributed by atoms with Crippen molar-refractivity contribution in [1.82, 2.24) is 15.5 Å². The van der Waals surface area contributed by atoms with Crippen molar-refractivity contribution < 1.29 is 13.7 Å². The third-order valence-corrected chi connectivity index (χ3v) is 4.25. The summed E-state index contributed by atoms with van der Waals surface area (Å²) in [5.74, 6) is 1.32. The normalized spacial score (nSPS) is 13.5. The van der Waals surface area contributed by atoms with Crippen LogP contribution in [0.4, 0.5) is 0 Å². The van der Waals surface area contributed by atoms with Gasteiger partial charge in [-0.1, -0.05) is 11.2 Å². The lowest BCUT2D eigenvalue weighted by Crippen LogP contribution is -2.25. The van der Waals surface area contributed by atoms with Crippen molar-refractivity contribution in [3.8, 4) is 11.5 Å². The highest BCUT2D eigenvalue weighted by Gasteiger charge is 2.24. The summed E-state index contributed by atoms with van der Waals surface area (Å²) in [6, 6.07) is 7.42. The summed E-state index contributed by atoms with van der Waals surface area (Å²) in [5.41, 5.74) is 2.98. The zero-order chi connectivity index (χ0) is 16.4. The molecule has 0 aliphatic heterocycles. The molecule has 3 aromatic heterocycles. The quantitative estimate of drug-likeness (QED) is 0.797. The van der Waals surface area contributed by atoms with Crippen LogP contribution in [0.3, 0.4) is 0 Å². The fraction of sp³-hybridized carbons (Fsp3) is 0.278. The van der Waals surface area contributed by atoms with Crippen molar-refractivity contribution in [3.63, 3.8) is 0 Å². The second-order valence-corrected chi connectivity index (χ2v) is 5.81. The number of furan rings is 1. The number of carbonyl (C=O) groups is 1. The fourth-order valence-electron chi connectivity index (χ4n) is 3.04. The lowest BCUT2D eigenvalue weighted by molar-refractivity contribution is 0.0941. The van der Waals surface area contributed by atoms with Crippen LogP contribution in [-0.4, -0.2) is 16.0 Å². The molecule has 1 aliphatic carbocycles. The number of amides is 1. The Bertz CT molecular complexity index is 852. The molecule has 0 spiro atoms. The van der Waals surface area contributed by atoms with Crippen molar-refractivity contribution in [2.75, 3.05) is 0 Å². The topological polar surface area (TPSA) is 81.2 Å². The summed E-state index contributed by atoms with van der Waals surface area (Å²) in [6.07, 6.45) is 7.18. The van der Waals surface area contributed by atoms with Gasteiger partial charge in [0, 0.05) is 30.3 Å². The molecule has 6 nitrogen and oxygen atoms in total. The maximum absolute atomic E-state index is 12.5. The molecule has 4 rings (SSSR count). The smallest absolute Gasteiger partial charge is 0.274 e. The Morgan fingerprint density at radius 3 is 3.00 bits per heavy atom. The number of aryl methyl sites for hydroxylation is 1. The van der Waals surface area contributed by atoms with E-state index in [-0.39, 0.29) is 5.91 Å². The first-order valence-corrected chi connectivity index (χ1v) is 8.06. The predicted molar refractivity (Wildman–Crippen MR) is 86.3 cm³/mol. The Hall–Kier alpha value is -2.89. The number of carbonyl (C=O) groups excluding carboxylic acids is 1. The molecule has 122 valence electrons. The molecule has 0 saturated heterocycles. The molecular formula is C18H17N3O3. The molecule has 0 aromatic carbocycles. The highest BCUT2D eigenvalue weighted by molar-refractivity contribution is 5.93. The Morgan fingerprint density at radius 2 is 2.12 bits per heavy atom. The molecule has 24 heavy (non-hydrogen) atoms. The SMILES string of the molecule is O=C(NCc1cccnc1-c1ccco1)c1noc2c1CCCC2. The van der Waals surface area contributed by atoms with Gasteiger partial charge in [0.1, 0.15) is 11.5 Å². The van der Waals surface area contributed by atoms with Gasteiger partial charge in [0.05, 0.1) is 6.26 Å². The number of nitrogens with one attached hydrogen (secondary N) is 1. The fourth-order valence-corrected chi connectivity index (χ4v) is 3.04.